The number of aryl methyl sites for hydroxylation is 1. The molecule has 1 amide bonds. The average molecular weight is 404 g/mol. The number of hydrogen-bond donors (Lipinski definition) is 0. The second-order valence-electron chi connectivity index (χ2n) is 9.60. The van der Waals surface area contributed by atoms with E-state index in [0.717, 1.165) is 51.3 Å². The molecule has 4 heterocycles. The van der Waals surface area contributed by atoms with Crippen molar-refractivity contribution in [2.45, 2.75) is 51.2 Å². The van der Waals surface area contributed by atoms with Crippen LogP contribution in [0, 0.1) is 5.92 Å². The summed E-state index contributed by atoms with van der Waals surface area (Å²) in [6, 6.07) is 0.630. The number of hydrogen-bond acceptors (Lipinski definition) is 5. The van der Waals surface area contributed by atoms with Crippen LogP contribution < -0.4 is 0 Å². The topological polar surface area (TPSA) is 53.8 Å². The minimum Gasteiger partial charge on any atom is -0.375 e. The molecular formula is C22H37N5O2. The number of nitrogens with zero attached hydrogens (tertiary/aromatic N) is 5. The third-order valence-electron chi connectivity index (χ3n) is 6.93. The number of piperazine rings is 1. The summed E-state index contributed by atoms with van der Waals surface area (Å²) in [5.41, 5.74) is 0.647. The molecule has 7 heteroatoms. The van der Waals surface area contributed by atoms with Crippen LogP contribution in [-0.2, 0) is 11.8 Å². The van der Waals surface area contributed by atoms with Gasteiger partial charge in [-0.05, 0) is 31.6 Å². The first-order valence-electron chi connectivity index (χ1n) is 11.3. The highest BCUT2D eigenvalue weighted by molar-refractivity contribution is 5.93. The van der Waals surface area contributed by atoms with Gasteiger partial charge in [0.2, 0.25) is 0 Å². The maximum Gasteiger partial charge on any atom is 0.257 e. The van der Waals surface area contributed by atoms with E-state index in [4.69, 9.17) is 4.74 Å². The summed E-state index contributed by atoms with van der Waals surface area (Å²) < 4.78 is 8.04. The van der Waals surface area contributed by atoms with Crippen molar-refractivity contribution in [3.05, 3.63) is 18.0 Å². The van der Waals surface area contributed by atoms with Crippen LogP contribution in [0.5, 0.6) is 0 Å². The number of carbonyl (C=O) groups is 1. The number of likely N-dealkylation sites (tertiary alicyclic amines) is 1. The van der Waals surface area contributed by atoms with Gasteiger partial charge in [0.1, 0.15) is 0 Å². The van der Waals surface area contributed by atoms with Crippen LogP contribution in [0.25, 0.3) is 0 Å². The summed E-state index contributed by atoms with van der Waals surface area (Å²) in [5.74, 6) is 0.842. The zero-order chi connectivity index (χ0) is 20.4. The van der Waals surface area contributed by atoms with E-state index in [1.807, 2.05) is 11.9 Å². The molecule has 0 bridgehead atoms. The third-order valence-corrected chi connectivity index (χ3v) is 6.93. The van der Waals surface area contributed by atoms with Gasteiger partial charge in [0.05, 0.1) is 17.4 Å². The van der Waals surface area contributed by atoms with E-state index in [1.165, 1.54) is 32.7 Å². The van der Waals surface area contributed by atoms with Gasteiger partial charge < -0.3 is 14.5 Å². The molecule has 1 atom stereocenters. The summed E-state index contributed by atoms with van der Waals surface area (Å²) in [6.45, 7) is 13.0. The monoisotopic (exact) mass is 403 g/mol. The van der Waals surface area contributed by atoms with E-state index in [-0.39, 0.29) is 11.5 Å². The van der Waals surface area contributed by atoms with Crippen LogP contribution in [-0.4, -0.2) is 94.5 Å². The van der Waals surface area contributed by atoms with Crippen molar-refractivity contribution in [2.24, 2.45) is 13.0 Å². The Balaban J connectivity index is 1.29. The van der Waals surface area contributed by atoms with Gasteiger partial charge in [0.25, 0.3) is 5.91 Å². The Hall–Kier alpha value is -1.44. The number of piperidine rings is 1. The highest BCUT2D eigenvalue weighted by Gasteiger charge is 2.43. The zero-order valence-corrected chi connectivity index (χ0v) is 18.3. The lowest BCUT2D eigenvalue weighted by Crippen LogP contribution is -2.57. The number of amides is 1. The van der Waals surface area contributed by atoms with Crippen molar-refractivity contribution >= 4 is 5.91 Å². The van der Waals surface area contributed by atoms with Crippen molar-refractivity contribution < 1.29 is 9.53 Å². The summed E-state index contributed by atoms with van der Waals surface area (Å²) in [5, 5.41) is 4.13. The molecule has 3 saturated heterocycles. The molecule has 162 valence electrons. The Morgan fingerprint density at radius 1 is 1.21 bits per heavy atom. The van der Waals surface area contributed by atoms with Gasteiger partial charge in [-0.3, -0.25) is 14.4 Å². The lowest BCUT2D eigenvalue weighted by atomic mass is 9.81. The third kappa shape index (κ3) is 4.84. The Bertz CT molecular complexity index is 687. The van der Waals surface area contributed by atoms with Crippen molar-refractivity contribution in [1.82, 2.24) is 24.5 Å². The summed E-state index contributed by atoms with van der Waals surface area (Å²) in [7, 11) is 1.85. The predicted octanol–water partition coefficient (Wildman–Crippen LogP) is 1.85. The summed E-state index contributed by atoms with van der Waals surface area (Å²) in [6.07, 6.45) is 7.62. The molecule has 3 fully saturated rings. The molecule has 0 unspecified atom stereocenters. The quantitative estimate of drug-likeness (QED) is 0.768. The Morgan fingerprint density at radius 3 is 2.55 bits per heavy atom. The molecule has 0 saturated carbocycles. The van der Waals surface area contributed by atoms with E-state index in [1.54, 1.807) is 17.1 Å². The van der Waals surface area contributed by atoms with E-state index >= 15 is 0 Å². The van der Waals surface area contributed by atoms with Crippen LogP contribution >= 0.6 is 0 Å². The van der Waals surface area contributed by atoms with Gasteiger partial charge in [-0.15, -0.1) is 0 Å². The fourth-order valence-corrected chi connectivity index (χ4v) is 5.32. The van der Waals surface area contributed by atoms with Gasteiger partial charge in [-0.25, -0.2) is 0 Å². The van der Waals surface area contributed by atoms with Crippen molar-refractivity contribution in [1.29, 1.82) is 0 Å². The average Bonchev–Trinajstić information content (AvgIpc) is 3.15. The SMILES string of the molecule is CC(C)CN1CCN([C@@H]2CCOC3(CCN(C(=O)c4cnn(C)c4)CC3)C2)CC1. The predicted molar refractivity (Wildman–Crippen MR) is 113 cm³/mol. The molecule has 4 rings (SSSR count). The molecule has 0 radical (unpaired) electrons. The van der Waals surface area contributed by atoms with Gasteiger partial charge in [0, 0.05) is 71.7 Å². The standard InChI is InChI=1S/C22H37N5O2/c1-18(2)16-25-9-11-26(12-10-25)20-4-13-29-22(14-20)5-7-27(8-6-22)21(28)19-15-23-24(3)17-19/h15,17-18,20H,4-14,16H2,1-3H3/t20-/m1/s1. The Labute approximate surface area is 175 Å². The van der Waals surface area contributed by atoms with Crippen LogP contribution in [0.1, 0.15) is 49.9 Å². The molecule has 1 aromatic rings. The first-order valence-corrected chi connectivity index (χ1v) is 11.3. The molecule has 0 aromatic carbocycles. The second kappa shape index (κ2) is 8.74. The number of ether oxygens (including phenoxy) is 1. The first-order chi connectivity index (χ1) is 13.9. The van der Waals surface area contributed by atoms with Crippen LogP contribution in [0.3, 0.4) is 0 Å². The largest absolute Gasteiger partial charge is 0.375 e. The van der Waals surface area contributed by atoms with E-state index < -0.39 is 0 Å². The minimum absolute atomic E-state index is 0.0380. The van der Waals surface area contributed by atoms with E-state index in [0.29, 0.717) is 11.6 Å². The molecule has 3 aliphatic heterocycles. The normalized spacial score (nSPS) is 26.3. The van der Waals surface area contributed by atoms with E-state index in [9.17, 15) is 4.79 Å². The molecule has 1 aromatic heterocycles. The fourth-order valence-electron chi connectivity index (χ4n) is 5.32. The molecule has 3 aliphatic rings. The molecule has 29 heavy (non-hydrogen) atoms. The number of aromatic nitrogens is 2. The van der Waals surface area contributed by atoms with Gasteiger partial charge in [0.15, 0.2) is 0 Å². The summed E-state index contributed by atoms with van der Waals surface area (Å²) in [4.78, 5) is 20.0. The number of rotatable bonds is 4. The maximum absolute atomic E-state index is 12.7. The highest BCUT2D eigenvalue weighted by Crippen LogP contribution is 2.37. The molecule has 0 N–H and O–H groups in total. The van der Waals surface area contributed by atoms with Crippen LogP contribution in [0.4, 0.5) is 0 Å². The minimum atomic E-state index is -0.0380. The number of carbonyl (C=O) groups excluding carboxylic acids is 1. The maximum atomic E-state index is 12.7. The Morgan fingerprint density at radius 2 is 1.93 bits per heavy atom. The van der Waals surface area contributed by atoms with E-state index in [2.05, 4.69) is 28.7 Å². The first kappa shape index (κ1) is 20.8. The van der Waals surface area contributed by atoms with Crippen LogP contribution in [0.15, 0.2) is 12.4 Å². The molecular weight excluding hydrogens is 366 g/mol. The zero-order valence-electron chi connectivity index (χ0n) is 18.3. The van der Waals surface area contributed by atoms with Crippen LogP contribution in [0.2, 0.25) is 0 Å². The van der Waals surface area contributed by atoms with Crippen molar-refractivity contribution in [2.75, 3.05) is 52.4 Å². The molecule has 7 nitrogen and oxygen atoms in total. The fraction of sp³-hybridized carbons (Fsp3) is 0.818. The van der Waals surface area contributed by atoms with Gasteiger partial charge in [-0.2, -0.15) is 5.10 Å². The highest BCUT2D eigenvalue weighted by atomic mass is 16.5. The van der Waals surface area contributed by atoms with Gasteiger partial charge >= 0.3 is 0 Å². The lowest BCUT2D eigenvalue weighted by Gasteiger charge is -2.49. The molecule has 0 aliphatic carbocycles. The van der Waals surface area contributed by atoms with Gasteiger partial charge in [-0.1, -0.05) is 13.8 Å². The summed E-state index contributed by atoms with van der Waals surface area (Å²) >= 11 is 0. The molecule has 1 spiro atoms. The lowest BCUT2D eigenvalue weighted by molar-refractivity contribution is -0.132. The van der Waals surface area contributed by atoms with Crippen molar-refractivity contribution in [3.8, 4) is 0 Å². The Kier molecular flexibility index (Phi) is 6.27. The smallest absolute Gasteiger partial charge is 0.257 e. The van der Waals surface area contributed by atoms with Crippen molar-refractivity contribution in [3.63, 3.8) is 0 Å². The second-order valence-corrected chi connectivity index (χ2v) is 9.60.